The van der Waals surface area contributed by atoms with Crippen molar-refractivity contribution in [3.05, 3.63) is 0 Å². The summed E-state index contributed by atoms with van der Waals surface area (Å²) in [5, 5.41) is 9.40. The maximum Gasteiger partial charge on any atom is 0.326 e. The molecule has 1 aliphatic carbocycles. The van der Waals surface area contributed by atoms with Gasteiger partial charge in [-0.3, -0.25) is 4.79 Å². The van der Waals surface area contributed by atoms with Crippen molar-refractivity contribution in [2.45, 2.75) is 51.0 Å². The summed E-state index contributed by atoms with van der Waals surface area (Å²) in [6, 6.07) is -0.686. The highest BCUT2D eigenvalue weighted by molar-refractivity contribution is 5.85. The molecule has 19 heavy (non-hydrogen) atoms. The first kappa shape index (κ1) is 13.9. The van der Waals surface area contributed by atoms with Gasteiger partial charge in [-0.2, -0.15) is 0 Å². The largest absolute Gasteiger partial charge is 0.480 e. The van der Waals surface area contributed by atoms with Gasteiger partial charge in [0.15, 0.2) is 0 Å². The average molecular weight is 263 g/mol. The molecule has 2 fully saturated rings. The number of carbonyl (C=O) groups is 2. The third-order valence-corrected chi connectivity index (χ3v) is 4.34. The molecule has 2 aliphatic rings. The number of carboxylic acids is 1. The summed E-state index contributed by atoms with van der Waals surface area (Å²) in [5.74, 6) is 1.88. The van der Waals surface area contributed by atoms with Crippen LogP contribution in [0.1, 0.15) is 44.9 Å². The minimum Gasteiger partial charge on any atom is -0.480 e. The third kappa shape index (κ3) is 3.28. The second-order valence-electron chi connectivity index (χ2n) is 5.71. The Morgan fingerprint density at radius 2 is 2.11 bits per heavy atom. The van der Waals surface area contributed by atoms with Crippen LogP contribution in [0.4, 0.5) is 0 Å². The molecular formula is C15H21NO3. The van der Waals surface area contributed by atoms with Gasteiger partial charge in [-0.1, -0.05) is 32.1 Å². The van der Waals surface area contributed by atoms with E-state index >= 15 is 0 Å². The second-order valence-corrected chi connectivity index (χ2v) is 5.71. The lowest BCUT2D eigenvalue weighted by Crippen LogP contribution is -2.43. The molecule has 0 spiro atoms. The van der Waals surface area contributed by atoms with Gasteiger partial charge in [0.25, 0.3) is 0 Å². The van der Waals surface area contributed by atoms with E-state index in [0.29, 0.717) is 25.3 Å². The number of hydrogen-bond acceptors (Lipinski definition) is 2. The van der Waals surface area contributed by atoms with Gasteiger partial charge >= 0.3 is 5.97 Å². The lowest BCUT2D eigenvalue weighted by atomic mass is 9.84. The zero-order valence-electron chi connectivity index (χ0n) is 11.2. The van der Waals surface area contributed by atoms with E-state index in [9.17, 15) is 14.7 Å². The van der Waals surface area contributed by atoms with Crippen molar-refractivity contribution in [1.82, 2.24) is 4.90 Å². The number of carboxylic acid groups (broad SMARTS) is 1. The molecule has 1 N–H and O–H groups in total. The zero-order chi connectivity index (χ0) is 13.8. The summed E-state index contributed by atoms with van der Waals surface area (Å²) in [7, 11) is 0. The van der Waals surface area contributed by atoms with Gasteiger partial charge in [-0.05, 0) is 12.3 Å². The van der Waals surface area contributed by atoms with Crippen molar-refractivity contribution in [3.8, 4) is 12.3 Å². The molecule has 0 aromatic carbocycles. The monoisotopic (exact) mass is 263 g/mol. The van der Waals surface area contributed by atoms with Gasteiger partial charge in [-0.15, -0.1) is 12.3 Å². The molecule has 1 amide bonds. The van der Waals surface area contributed by atoms with E-state index in [0.717, 1.165) is 12.8 Å². The highest BCUT2D eigenvalue weighted by Gasteiger charge is 2.38. The van der Waals surface area contributed by atoms with Gasteiger partial charge in [0.05, 0.1) is 0 Å². The summed E-state index contributed by atoms with van der Waals surface area (Å²) in [6.07, 6.45) is 12.0. The van der Waals surface area contributed by atoms with Gasteiger partial charge in [-0.25, -0.2) is 4.79 Å². The van der Waals surface area contributed by atoms with Crippen molar-refractivity contribution in [3.63, 3.8) is 0 Å². The van der Waals surface area contributed by atoms with Crippen LogP contribution in [-0.2, 0) is 9.59 Å². The van der Waals surface area contributed by atoms with Crippen molar-refractivity contribution in [1.29, 1.82) is 0 Å². The molecule has 1 aliphatic heterocycles. The Hall–Kier alpha value is -1.50. The molecule has 1 saturated carbocycles. The number of amides is 1. The number of carbonyl (C=O) groups excluding carboxylic acids is 1. The van der Waals surface area contributed by atoms with Crippen LogP contribution in [-0.4, -0.2) is 34.5 Å². The summed E-state index contributed by atoms with van der Waals surface area (Å²) in [4.78, 5) is 24.8. The Morgan fingerprint density at radius 3 is 2.63 bits per heavy atom. The molecule has 104 valence electrons. The molecule has 2 atom stereocenters. The molecule has 4 heteroatoms. The van der Waals surface area contributed by atoms with E-state index < -0.39 is 12.0 Å². The fourth-order valence-corrected chi connectivity index (χ4v) is 3.24. The SMILES string of the molecule is C#CC1CC(=O)N([C@@H](CC2CCCCC2)C(=O)O)C1. The van der Waals surface area contributed by atoms with Crippen molar-refractivity contribution in [2.24, 2.45) is 11.8 Å². The van der Waals surface area contributed by atoms with Crippen LogP contribution in [0.3, 0.4) is 0 Å². The predicted molar refractivity (Wildman–Crippen MR) is 71.3 cm³/mol. The van der Waals surface area contributed by atoms with Crippen LogP contribution >= 0.6 is 0 Å². The molecule has 4 nitrogen and oxygen atoms in total. The smallest absolute Gasteiger partial charge is 0.326 e. The maximum absolute atomic E-state index is 11.9. The Labute approximate surface area is 114 Å². The lowest BCUT2D eigenvalue weighted by molar-refractivity contribution is -0.149. The fourth-order valence-electron chi connectivity index (χ4n) is 3.24. The van der Waals surface area contributed by atoms with Crippen LogP contribution in [0.25, 0.3) is 0 Å². The first-order valence-electron chi connectivity index (χ1n) is 7.10. The molecule has 1 saturated heterocycles. The molecule has 0 bridgehead atoms. The predicted octanol–water partition coefficient (Wildman–Crippen LogP) is 1.89. The number of likely N-dealkylation sites (tertiary alicyclic amines) is 1. The summed E-state index contributed by atoms with van der Waals surface area (Å²) in [6.45, 7) is 0.402. The summed E-state index contributed by atoms with van der Waals surface area (Å²) in [5.41, 5.74) is 0. The minimum atomic E-state index is -0.892. The van der Waals surface area contributed by atoms with E-state index in [4.69, 9.17) is 6.42 Å². The number of hydrogen-bond donors (Lipinski definition) is 1. The first-order chi connectivity index (χ1) is 9.11. The van der Waals surface area contributed by atoms with Crippen molar-refractivity contribution >= 4 is 11.9 Å². The maximum atomic E-state index is 11.9. The van der Waals surface area contributed by atoms with Crippen LogP contribution in [0.2, 0.25) is 0 Å². The topological polar surface area (TPSA) is 57.6 Å². The Bertz CT molecular complexity index is 393. The third-order valence-electron chi connectivity index (χ3n) is 4.34. The van der Waals surface area contributed by atoms with E-state index in [1.54, 1.807) is 0 Å². The van der Waals surface area contributed by atoms with E-state index in [2.05, 4.69) is 5.92 Å². The van der Waals surface area contributed by atoms with Gasteiger partial charge < -0.3 is 10.0 Å². The first-order valence-corrected chi connectivity index (χ1v) is 7.10. The van der Waals surface area contributed by atoms with Crippen LogP contribution in [0.5, 0.6) is 0 Å². The van der Waals surface area contributed by atoms with E-state index in [1.807, 2.05) is 0 Å². The minimum absolute atomic E-state index is 0.105. The number of rotatable bonds is 4. The normalized spacial score (nSPS) is 26.2. The molecule has 0 aromatic heterocycles. The Balaban J connectivity index is 2.01. The highest BCUT2D eigenvalue weighted by atomic mass is 16.4. The van der Waals surface area contributed by atoms with Gasteiger partial charge in [0.2, 0.25) is 5.91 Å². The van der Waals surface area contributed by atoms with Crippen molar-refractivity contribution in [2.75, 3.05) is 6.54 Å². The standard InChI is InChI=1S/C15H21NO3/c1-2-11-9-14(17)16(10-11)13(15(18)19)8-12-6-4-3-5-7-12/h1,11-13H,3-10H2,(H,18,19)/t11?,13-/m0/s1. The molecule has 1 unspecified atom stereocenters. The summed E-state index contributed by atoms with van der Waals surface area (Å²) >= 11 is 0. The highest BCUT2D eigenvalue weighted by Crippen LogP contribution is 2.30. The van der Waals surface area contributed by atoms with Gasteiger partial charge in [0.1, 0.15) is 6.04 Å². The van der Waals surface area contributed by atoms with Crippen LogP contribution in [0, 0.1) is 24.2 Å². The zero-order valence-corrected chi connectivity index (χ0v) is 11.2. The lowest BCUT2D eigenvalue weighted by Gasteiger charge is -2.30. The van der Waals surface area contributed by atoms with Gasteiger partial charge in [0, 0.05) is 18.9 Å². The fraction of sp³-hybridized carbons (Fsp3) is 0.733. The Kier molecular flexibility index (Phi) is 4.47. The number of terminal acetylenes is 1. The quantitative estimate of drug-likeness (QED) is 0.788. The number of nitrogens with zero attached hydrogens (tertiary/aromatic N) is 1. The van der Waals surface area contributed by atoms with Crippen LogP contribution < -0.4 is 0 Å². The Morgan fingerprint density at radius 1 is 1.42 bits per heavy atom. The average Bonchev–Trinajstić information content (AvgIpc) is 2.78. The van der Waals surface area contributed by atoms with E-state index in [-0.39, 0.29) is 11.8 Å². The number of aliphatic carboxylic acids is 1. The van der Waals surface area contributed by atoms with Crippen LogP contribution in [0.15, 0.2) is 0 Å². The molecule has 1 heterocycles. The van der Waals surface area contributed by atoms with Crippen molar-refractivity contribution < 1.29 is 14.7 Å². The second kappa shape index (κ2) is 6.10. The molecule has 0 radical (unpaired) electrons. The molecular weight excluding hydrogens is 242 g/mol. The molecule has 2 rings (SSSR count). The van der Waals surface area contributed by atoms with E-state index in [1.165, 1.54) is 24.2 Å². The summed E-state index contributed by atoms with van der Waals surface area (Å²) < 4.78 is 0. The molecule has 0 aromatic rings.